The van der Waals surface area contributed by atoms with Crippen LogP contribution in [-0.4, -0.2) is 5.97 Å². The van der Waals surface area contributed by atoms with Crippen LogP contribution in [0, 0.1) is 17.3 Å². The van der Waals surface area contributed by atoms with Gasteiger partial charge in [0.1, 0.15) is 0 Å². The molecule has 0 fully saturated rings. The molecule has 0 saturated carbocycles. The van der Waals surface area contributed by atoms with Gasteiger partial charge in [0.15, 0.2) is 0 Å². The van der Waals surface area contributed by atoms with Crippen molar-refractivity contribution in [2.24, 2.45) is 17.3 Å². The van der Waals surface area contributed by atoms with E-state index in [4.69, 9.17) is 0 Å². The standard InChI is InChI=1S/C33H66O2.H3N/c1-6-9-11-13-15-17-18-19-20-21-22-24-26-28-31(30(4)5)33(8-3,32(34)35)29-27-25-23-16-14-12-10-7-2;/h30-31H,6-29H2,1-5H3,(H,34,35);1H3. The molecule has 0 bridgehead atoms. The molecule has 0 spiro atoms. The number of carbonyl (C=O) groups excluding carboxylic acids is 1. The van der Waals surface area contributed by atoms with E-state index in [1.165, 1.54) is 128 Å². The van der Waals surface area contributed by atoms with Gasteiger partial charge in [-0.3, -0.25) is 0 Å². The van der Waals surface area contributed by atoms with E-state index in [-0.39, 0.29) is 12.1 Å². The van der Waals surface area contributed by atoms with Crippen LogP contribution < -0.4 is 11.3 Å². The molecule has 0 saturated heterocycles. The molecule has 36 heavy (non-hydrogen) atoms. The summed E-state index contributed by atoms with van der Waals surface area (Å²) in [5.74, 6) is -0.134. The number of hydrogen-bond donors (Lipinski definition) is 1. The van der Waals surface area contributed by atoms with Gasteiger partial charge in [-0.1, -0.05) is 169 Å². The number of unbranched alkanes of at least 4 members (excludes halogenated alkanes) is 19. The summed E-state index contributed by atoms with van der Waals surface area (Å²) in [5.41, 5.74) is -0.631. The van der Waals surface area contributed by atoms with Gasteiger partial charge in [0.2, 0.25) is 0 Å². The van der Waals surface area contributed by atoms with E-state index < -0.39 is 11.4 Å². The highest BCUT2D eigenvalue weighted by Crippen LogP contribution is 2.44. The van der Waals surface area contributed by atoms with Crippen LogP contribution in [0.25, 0.3) is 0 Å². The fourth-order valence-corrected chi connectivity index (χ4v) is 6.23. The summed E-state index contributed by atoms with van der Waals surface area (Å²) in [6.45, 7) is 11.1. The number of carboxylic acid groups (broad SMARTS) is 1. The summed E-state index contributed by atoms with van der Waals surface area (Å²) in [6.07, 6.45) is 30.3. The van der Waals surface area contributed by atoms with Crippen LogP contribution in [0.1, 0.15) is 189 Å². The normalized spacial score (nSPS) is 13.9. The smallest absolute Gasteiger partial charge is 0.0478 e. The lowest BCUT2D eigenvalue weighted by Gasteiger charge is -2.44. The van der Waals surface area contributed by atoms with Gasteiger partial charge in [-0.15, -0.1) is 0 Å². The Bertz CT molecular complexity index is 465. The first-order valence-corrected chi connectivity index (χ1v) is 16.2. The topological polar surface area (TPSA) is 76.6 Å². The minimum Gasteiger partial charge on any atom is -0.550 e. The molecule has 0 amide bonds. The van der Waals surface area contributed by atoms with Gasteiger partial charge in [0.25, 0.3) is 0 Å². The van der Waals surface area contributed by atoms with Gasteiger partial charge in [-0.25, -0.2) is 0 Å². The third-order valence-corrected chi connectivity index (χ3v) is 8.65. The molecular formula is C33H69NO2. The maximum absolute atomic E-state index is 12.5. The first kappa shape index (κ1) is 37.6. The number of carboxylic acids is 1. The minimum atomic E-state index is -0.781. The molecule has 3 heteroatoms. The predicted molar refractivity (Wildman–Crippen MR) is 160 cm³/mol. The van der Waals surface area contributed by atoms with E-state index in [1.54, 1.807) is 0 Å². The lowest BCUT2D eigenvalue weighted by molar-refractivity contribution is -0.324. The molecular weight excluding hydrogens is 442 g/mol. The van der Waals surface area contributed by atoms with E-state index in [0.29, 0.717) is 12.3 Å². The van der Waals surface area contributed by atoms with Crippen molar-refractivity contribution in [2.45, 2.75) is 189 Å². The first-order chi connectivity index (χ1) is 17.0. The van der Waals surface area contributed by atoms with E-state index in [0.717, 1.165) is 19.3 Å². The third kappa shape index (κ3) is 17.8. The summed E-state index contributed by atoms with van der Waals surface area (Å²) in [4.78, 5) is 12.5. The molecule has 0 rings (SSSR count). The average Bonchev–Trinajstić information content (AvgIpc) is 2.84. The molecule has 0 aliphatic rings. The van der Waals surface area contributed by atoms with Gasteiger partial charge in [-0.05, 0) is 31.1 Å². The Kier molecular flexibility index (Phi) is 27.2. The second-order valence-electron chi connectivity index (χ2n) is 11.9. The van der Waals surface area contributed by atoms with E-state index >= 15 is 0 Å². The molecule has 218 valence electrons. The lowest BCUT2D eigenvalue weighted by Crippen LogP contribution is -2.48. The number of aliphatic carboxylic acids is 1. The van der Waals surface area contributed by atoms with Crippen molar-refractivity contribution in [2.75, 3.05) is 0 Å². The maximum atomic E-state index is 12.5. The molecule has 0 heterocycles. The highest BCUT2D eigenvalue weighted by molar-refractivity contribution is 5.72. The monoisotopic (exact) mass is 512 g/mol. The number of quaternary nitrogens is 1. The van der Waals surface area contributed by atoms with Crippen molar-refractivity contribution in [1.82, 2.24) is 6.15 Å². The van der Waals surface area contributed by atoms with Crippen molar-refractivity contribution in [3.63, 3.8) is 0 Å². The Labute approximate surface area is 228 Å². The van der Waals surface area contributed by atoms with Gasteiger partial charge < -0.3 is 16.1 Å². The molecule has 0 aromatic rings. The zero-order valence-electron chi connectivity index (χ0n) is 25.9. The van der Waals surface area contributed by atoms with Crippen molar-refractivity contribution in [3.8, 4) is 0 Å². The quantitative estimate of drug-likeness (QED) is 0.111. The van der Waals surface area contributed by atoms with Gasteiger partial charge in [0, 0.05) is 11.4 Å². The van der Waals surface area contributed by atoms with E-state index in [9.17, 15) is 9.90 Å². The van der Waals surface area contributed by atoms with E-state index in [2.05, 4.69) is 34.6 Å². The zero-order valence-corrected chi connectivity index (χ0v) is 25.9. The van der Waals surface area contributed by atoms with Gasteiger partial charge in [0.05, 0.1) is 0 Å². The van der Waals surface area contributed by atoms with Gasteiger partial charge >= 0.3 is 0 Å². The van der Waals surface area contributed by atoms with Crippen LogP contribution in [-0.2, 0) is 4.79 Å². The Morgan fingerprint density at radius 3 is 1.22 bits per heavy atom. The van der Waals surface area contributed by atoms with Crippen molar-refractivity contribution >= 4 is 5.97 Å². The molecule has 2 unspecified atom stereocenters. The SMILES string of the molecule is CCCCCCCCCCCCCCCC(C(C)C)C(CC)(CCCCCCCCCC)C(=O)[O-].[NH4+]. The van der Waals surface area contributed by atoms with Gasteiger partial charge in [-0.2, -0.15) is 0 Å². The largest absolute Gasteiger partial charge is 0.550 e. The zero-order chi connectivity index (χ0) is 26.2. The number of hydrogen-bond acceptors (Lipinski definition) is 2. The van der Waals surface area contributed by atoms with Crippen LogP contribution in [0.3, 0.4) is 0 Å². The van der Waals surface area contributed by atoms with Crippen LogP contribution in [0.4, 0.5) is 0 Å². The van der Waals surface area contributed by atoms with Crippen molar-refractivity contribution in [1.29, 1.82) is 0 Å². The van der Waals surface area contributed by atoms with Crippen LogP contribution >= 0.6 is 0 Å². The Morgan fingerprint density at radius 2 is 0.917 bits per heavy atom. The fourth-order valence-electron chi connectivity index (χ4n) is 6.23. The Morgan fingerprint density at radius 1 is 0.583 bits per heavy atom. The molecule has 3 nitrogen and oxygen atoms in total. The molecule has 4 N–H and O–H groups in total. The molecule has 0 radical (unpaired) electrons. The lowest BCUT2D eigenvalue weighted by atomic mass is 9.64. The average molecular weight is 512 g/mol. The number of carbonyl (C=O) groups is 1. The number of rotatable bonds is 27. The minimum absolute atomic E-state index is 0. The predicted octanol–water partition coefficient (Wildman–Crippen LogP) is 10.8. The summed E-state index contributed by atoms with van der Waals surface area (Å²) in [6, 6.07) is 0. The van der Waals surface area contributed by atoms with Crippen molar-refractivity contribution < 1.29 is 9.90 Å². The second-order valence-corrected chi connectivity index (χ2v) is 11.9. The first-order valence-electron chi connectivity index (χ1n) is 16.2. The maximum Gasteiger partial charge on any atom is 0.0478 e. The van der Waals surface area contributed by atoms with Crippen LogP contribution in [0.5, 0.6) is 0 Å². The third-order valence-electron chi connectivity index (χ3n) is 8.65. The summed E-state index contributed by atoms with van der Waals surface area (Å²) in [7, 11) is 0. The molecule has 0 aliphatic carbocycles. The Hall–Kier alpha value is -0.570. The second kappa shape index (κ2) is 26.1. The van der Waals surface area contributed by atoms with Crippen LogP contribution in [0.15, 0.2) is 0 Å². The highest BCUT2D eigenvalue weighted by atomic mass is 16.4. The van der Waals surface area contributed by atoms with E-state index in [1.807, 2.05) is 0 Å². The van der Waals surface area contributed by atoms with Crippen molar-refractivity contribution in [3.05, 3.63) is 0 Å². The summed E-state index contributed by atoms with van der Waals surface area (Å²) < 4.78 is 0. The Balaban J connectivity index is 0. The van der Waals surface area contributed by atoms with Crippen LogP contribution in [0.2, 0.25) is 0 Å². The molecule has 0 aromatic heterocycles. The fraction of sp³-hybridized carbons (Fsp3) is 0.970. The molecule has 0 aromatic carbocycles. The summed E-state index contributed by atoms with van der Waals surface area (Å²) >= 11 is 0. The molecule has 0 aliphatic heterocycles. The molecule has 2 atom stereocenters. The summed E-state index contributed by atoms with van der Waals surface area (Å²) in [5, 5.41) is 12.5. The highest BCUT2D eigenvalue weighted by Gasteiger charge is 2.39.